The molecule has 2 aliphatic heterocycles. The molecule has 5 rings (SSSR count). The Labute approximate surface area is 234 Å². The van der Waals surface area contributed by atoms with Gasteiger partial charge in [-0.05, 0) is 68.0 Å². The molecular formula is C30H38FN5O4. The topological polar surface area (TPSA) is 106 Å². The Morgan fingerprint density at radius 1 is 0.875 bits per heavy atom. The van der Waals surface area contributed by atoms with Crippen LogP contribution in [0.3, 0.4) is 0 Å². The van der Waals surface area contributed by atoms with E-state index in [9.17, 15) is 23.9 Å². The number of anilines is 2. The summed E-state index contributed by atoms with van der Waals surface area (Å²) in [6, 6.07) is 9.45. The number of hydrogen-bond donors (Lipinski definition) is 2. The Bertz CT molecular complexity index is 1210. The quantitative estimate of drug-likeness (QED) is 0.537. The molecule has 40 heavy (non-hydrogen) atoms. The van der Waals surface area contributed by atoms with Gasteiger partial charge in [-0.1, -0.05) is 19.3 Å². The fourth-order valence-corrected chi connectivity index (χ4v) is 6.13. The maximum absolute atomic E-state index is 13.5. The molecule has 1 atom stereocenters. The van der Waals surface area contributed by atoms with Crippen LogP contribution in [0.1, 0.15) is 72.1 Å². The number of pyridine rings is 1. The summed E-state index contributed by atoms with van der Waals surface area (Å²) in [4.78, 5) is 48.7. The molecule has 10 heteroatoms. The van der Waals surface area contributed by atoms with Gasteiger partial charge in [-0.25, -0.2) is 9.37 Å². The molecule has 3 heterocycles. The first-order valence-corrected chi connectivity index (χ1v) is 14.5. The number of carbonyl (C=O) groups excluding carboxylic acids is 2. The lowest BCUT2D eigenvalue weighted by Crippen LogP contribution is -2.49. The van der Waals surface area contributed by atoms with E-state index in [0.29, 0.717) is 49.7 Å². The van der Waals surface area contributed by atoms with Crippen molar-refractivity contribution in [1.29, 1.82) is 0 Å². The first-order valence-electron chi connectivity index (χ1n) is 14.5. The number of hydrogen-bond acceptors (Lipinski definition) is 6. The van der Waals surface area contributed by atoms with Crippen molar-refractivity contribution in [3.63, 3.8) is 0 Å². The molecule has 1 aromatic carbocycles. The second-order valence-electron chi connectivity index (χ2n) is 11.2. The Balaban J connectivity index is 1.34. The zero-order valence-electron chi connectivity index (χ0n) is 22.9. The molecule has 2 N–H and O–H groups in total. The number of nitrogens with one attached hydrogen (secondary N) is 1. The van der Waals surface area contributed by atoms with Crippen molar-refractivity contribution in [1.82, 2.24) is 15.2 Å². The number of carbonyl (C=O) groups is 3. The largest absolute Gasteiger partial charge is 0.481 e. The summed E-state index contributed by atoms with van der Waals surface area (Å²) >= 11 is 0. The lowest BCUT2D eigenvalue weighted by Gasteiger charge is -2.37. The average Bonchev–Trinajstić information content (AvgIpc) is 2.97. The highest BCUT2D eigenvalue weighted by atomic mass is 19.1. The number of amides is 2. The van der Waals surface area contributed by atoms with Crippen LogP contribution in [0.5, 0.6) is 0 Å². The molecule has 1 aromatic heterocycles. The number of aromatic nitrogens is 1. The van der Waals surface area contributed by atoms with Crippen molar-refractivity contribution >= 4 is 29.4 Å². The smallest absolute Gasteiger partial charge is 0.303 e. The Hall–Kier alpha value is -3.69. The van der Waals surface area contributed by atoms with E-state index in [2.05, 4.69) is 15.1 Å². The number of benzene rings is 1. The van der Waals surface area contributed by atoms with Crippen LogP contribution in [0.15, 0.2) is 36.4 Å². The predicted molar refractivity (Wildman–Crippen MR) is 150 cm³/mol. The van der Waals surface area contributed by atoms with Crippen LogP contribution in [0, 0.1) is 11.7 Å². The summed E-state index contributed by atoms with van der Waals surface area (Å²) in [7, 11) is 0. The van der Waals surface area contributed by atoms with Crippen molar-refractivity contribution in [2.75, 3.05) is 49.1 Å². The van der Waals surface area contributed by atoms with E-state index in [1.807, 2.05) is 12.1 Å². The van der Waals surface area contributed by atoms with Gasteiger partial charge >= 0.3 is 5.97 Å². The highest BCUT2D eigenvalue weighted by molar-refractivity contribution is 5.99. The molecule has 2 amide bonds. The zero-order chi connectivity index (χ0) is 28.1. The van der Waals surface area contributed by atoms with Gasteiger partial charge in [0.1, 0.15) is 17.5 Å². The van der Waals surface area contributed by atoms with Crippen LogP contribution in [-0.4, -0.2) is 78.1 Å². The van der Waals surface area contributed by atoms with Crippen LogP contribution in [0.25, 0.3) is 0 Å². The number of halogens is 1. The van der Waals surface area contributed by atoms with Crippen LogP contribution in [-0.2, 0) is 4.79 Å². The Kier molecular flexibility index (Phi) is 8.81. The highest BCUT2D eigenvalue weighted by Crippen LogP contribution is 2.29. The lowest BCUT2D eigenvalue weighted by molar-refractivity contribution is -0.138. The average molecular weight is 552 g/mol. The molecule has 1 saturated carbocycles. The van der Waals surface area contributed by atoms with E-state index in [0.717, 1.165) is 50.9 Å². The zero-order valence-corrected chi connectivity index (χ0v) is 22.9. The molecule has 1 aliphatic carbocycles. The van der Waals surface area contributed by atoms with E-state index in [4.69, 9.17) is 4.98 Å². The summed E-state index contributed by atoms with van der Waals surface area (Å²) in [5, 5.41) is 12.5. The Morgan fingerprint density at radius 2 is 1.60 bits per heavy atom. The minimum atomic E-state index is -0.789. The first kappa shape index (κ1) is 27.9. The van der Waals surface area contributed by atoms with Crippen LogP contribution < -0.4 is 15.1 Å². The van der Waals surface area contributed by atoms with Crippen molar-refractivity contribution < 1.29 is 23.9 Å². The molecule has 0 radical (unpaired) electrons. The number of piperidine rings is 1. The first-order chi connectivity index (χ1) is 19.4. The number of rotatable bonds is 7. The second-order valence-corrected chi connectivity index (χ2v) is 11.2. The number of carboxylic acid groups (broad SMARTS) is 1. The molecule has 2 saturated heterocycles. The molecular weight excluding hydrogens is 513 g/mol. The molecule has 2 aromatic rings. The van der Waals surface area contributed by atoms with Crippen molar-refractivity contribution in [3.8, 4) is 0 Å². The summed E-state index contributed by atoms with van der Waals surface area (Å²) in [5.41, 5.74) is 0.968. The summed E-state index contributed by atoms with van der Waals surface area (Å²) in [6.45, 7) is 3.33. The SMILES string of the molecule is O=C(O)CC1CCCN(c2ccc(C(=O)NC3CCCCC3)c(N3CCN(C(=O)c4ccc(F)cc4)CC3)n2)C1. The third-order valence-corrected chi connectivity index (χ3v) is 8.31. The van der Waals surface area contributed by atoms with Gasteiger partial charge < -0.3 is 25.1 Å². The van der Waals surface area contributed by atoms with Gasteiger partial charge in [0, 0.05) is 57.3 Å². The van der Waals surface area contributed by atoms with Crippen LogP contribution in [0.2, 0.25) is 0 Å². The Morgan fingerprint density at radius 3 is 2.30 bits per heavy atom. The number of nitrogens with zero attached hydrogens (tertiary/aromatic N) is 4. The normalized spacial score (nSPS) is 20.3. The van der Waals surface area contributed by atoms with Crippen LogP contribution >= 0.6 is 0 Å². The summed E-state index contributed by atoms with van der Waals surface area (Å²) < 4.78 is 13.3. The molecule has 0 bridgehead atoms. The third-order valence-electron chi connectivity index (χ3n) is 8.31. The van der Waals surface area contributed by atoms with E-state index in [-0.39, 0.29) is 36.0 Å². The van der Waals surface area contributed by atoms with Gasteiger partial charge in [0.2, 0.25) is 0 Å². The second kappa shape index (κ2) is 12.7. The molecule has 9 nitrogen and oxygen atoms in total. The summed E-state index contributed by atoms with van der Waals surface area (Å²) in [6.07, 6.45) is 7.30. The van der Waals surface area contributed by atoms with Crippen LogP contribution in [0.4, 0.5) is 16.0 Å². The van der Waals surface area contributed by atoms with Crippen molar-refractivity contribution in [3.05, 3.63) is 53.3 Å². The lowest BCUT2D eigenvalue weighted by atomic mass is 9.95. The minimum absolute atomic E-state index is 0.0618. The number of carboxylic acids is 1. The number of aliphatic carboxylic acids is 1. The molecule has 3 aliphatic rings. The minimum Gasteiger partial charge on any atom is -0.481 e. The predicted octanol–water partition coefficient (Wildman–Crippen LogP) is 3.94. The number of piperazine rings is 1. The van der Waals surface area contributed by atoms with Crippen molar-refractivity contribution in [2.24, 2.45) is 5.92 Å². The third kappa shape index (κ3) is 6.71. The molecule has 0 spiro atoms. The summed E-state index contributed by atoms with van der Waals surface area (Å²) in [5.74, 6) is -0.0452. The standard InChI is InChI=1S/C30H38FN5O4/c31-23-10-8-22(9-11-23)30(40)35-17-15-34(16-18-35)28-25(29(39)32-24-6-2-1-3-7-24)12-13-26(33-28)36-14-4-5-21(20-36)19-27(37)38/h8-13,21,24H,1-7,14-20H2,(H,32,39)(H,37,38). The maximum Gasteiger partial charge on any atom is 0.303 e. The molecule has 1 unspecified atom stereocenters. The molecule has 3 fully saturated rings. The van der Waals surface area contributed by atoms with E-state index in [1.165, 1.54) is 30.7 Å². The fourth-order valence-electron chi connectivity index (χ4n) is 6.13. The van der Waals surface area contributed by atoms with Crippen molar-refractivity contribution in [2.45, 2.75) is 57.4 Å². The van der Waals surface area contributed by atoms with Gasteiger partial charge in [0.25, 0.3) is 11.8 Å². The van der Waals surface area contributed by atoms with Gasteiger partial charge in [0.05, 0.1) is 5.56 Å². The molecule has 214 valence electrons. The van der Waals surface area contributed by atoms with E-state index < -0.39 is 5.97 Å². The highest BCUT2D eigenvalue weighted by Gasteiger charge is 2.29. The van der Waals surface area contributed by atoms with Gasteiger partial charge in [-0.3, -0.25) is 14.4 Å². The van der Waals surface area contributed by atoms with Gasteiger partial charge in [0.15, 0.2) is 0 Å². The fraction of sp³-hybridized carbons (Fsp3) is 0.533. The van der Waals surface area contributed by atoms with E-state index in [1.54, 1.807) is 4.90 Å². The van der Waals surface area contributed by atoms with Gasteiger partial charge in [-0.15, -0.1) is 0 Å². The maximum atomic E-state index is 13.5. The monoisotopic (exact) mass is 551 g/mol. The van der Waals surface area contributed by atoms with E-state index >= 15 is 0 Å². The van der Waals surface area contributed by atoms with Gasteiger partial charge in [-0.2, -0.15) is 0 Å².